The minimum absolute atomic E-state index is 0.0817. The maximum atomic E-state index is 13.4. The van der Waals surface area contributed by atoms with Gasteiger partial charge in [-0.05, 0) is 44.7 Å². The number of nitrogens with zero attached hydrogens (tertiary/aromatic N) is 2. The number of halogens is 3. The number of anilines is 1. The van der Waals surface area contributed by atoms with Crippen LogP contribution in [0.15, 0.2) is 47.8 Å². The van der Waals surface area contributed by atoms with Gasteiger partial charge in [-0.3, -0.25) is 9.59 Å². The number of rotatable bonds is 6. The van der Waals surface area contributed by atoms with Crippen LogP contribution in [-0.2, 0) is 9.59 Å². The molecule has 3 aromatic rings. The molecular formula is C23H22Cl2FN5O2S2. The van der Waals surface area contributed by atoms with Gasteiger partial charge in [0.05, 0.1) is 27.8 Å². The van der Waals surface area contributed by atoms with Gasteiger partial charge in [0.25, 0.3) is 0 Å². The maximum Gasteiger partial charge on any atom is 0.242 e. The zero-order chi connectivity index (χ0) is 25.1. The lowest BCUT2D eigenvalue weighted by Crippen LogP contribution is -2.54. The normalized spacial score (nSPS) is 19.2. The number of benzene rings is 2. The molecular weight excluding hydrogens is 532 g/mol. The second kappa shape index (κ2) is 11.2. The summed E-state index contributed by atoms with van der Waals surface area (Å²) in [4.78, 5) is 30.5. The van der Waals surface area contributed by atoms with E-state index in [4.69, 9.17) is 23.2 Å². The van der Waals surface area contributed by atoms with Crippen molar-refractivity contribution in [2.75, 3.05) is 12.4 Å². The van der Waals surface area contributed by atoms with Crippen molar-refractivity contribution in [3.63, 3.8) is 0 Å². The fourth-order valence-corrected chi connectivity index (χ4v) is 5.71. The Morgan fingerprint density at radius 1 is 1.20 bits per heavy atom. The van der Waals surface area contributed by atoms with Crippen LogP contribution >= 0.6 is 46.7 Å². The van der Waals surface area contributed by atoms with Crippen LogP contribution in [0.1, 0.15) is 25.1 Å². The van der Waals surface area contributed by atoms with E-state index in [1.165, 1.54) is 41.7 Å². The van der Waals surface area contributed by atoms with Crippen molar-refractivity contribution in [3.8, 4) is 10.6 Å². The number of aromatic nitrogens is 1. The molecule has 7 nitrogen and oxygen atoms in total. The first-order valence-corrected chi connectivity index (χ1v) is 13.1. The van der Waals surface area contributed by atoms with E-state index in [2.05, 4.69) is 20.3 Å². The highest BCUT2D eigenvalue weighted by molar-refractivity contribution is 7.95. The molecule has 35 heavy (non-hydrogen) atoms. The largest absolute Gasteiger partial charge is 0.347 e. The Balaban J connectivity index is 1.38. The standard InChI is InChI=1S/C23H22Cl2FN5O2S2/c1-12(19-11-34-23(29-19)14-5-3-4-6-15(14)24)27-21(32)18-10-20(31(2)35-30-18)22(33)28-13-7-8-17(26)16(25)9-13/h3-9,11-12,18,20,30H,10H2,1-2H3,(H,27,32)(H,28,33). The molecule has 3 atom stereocenters. The molecule has 2 heterocycles. The van der Waals surface area contributed by atoms with E-state index in [9.17, 15) is 14.0 Å². The molecule has 2 aromatic carbocycles. The molecule has 1 saturated heterocycles. The predicted molar refractivity (Wildman–Crippen MR) is 140 cm³/mol. The molecule has 184 valence electrons. The van der Waals surface area contributed by atoms with Crippen LogP contribution in [0.25, 0.3) is 10.6 Å². The third kappa shape index (κ3) is 6.14. The monoisotopic (exact) mass is 553 g/mol. The molecule has 1 aromatic heterocycles. The number of hydrogen-bond donors (Lipinski definition) is 3. The number of carbonyl (C=O) groups excluding carboxylic acids is 2. The van der Waals surface area contributed by atoms with Crippen molar-refractivity contribution in [2.24, 2.45) is 0 Å². The van der Waals surface area contributed by atoms with E-state index in [1.54, 1.807) is 11.4 Å². The molecule has 3 N–H and O–H groups in total. The molecule has 4 rings (SSSR count). The number of hydrogen-bond acceptors (Lipinski definition) is 7. The van der Waals surface area contributed by atoms with Gasteiger partial charge < -0.3 is 10.6 Å². The van der Waals surface area contributed by atoms with Crippen molar-refractivity contribution in [3.05, 3.63) is 69.4 Å². The summed E-state index contributed by atoms with van der Waals surface area (Å²) >= 11 is 14.7. The minimum atomic E-state index is -0.604. The van der Waals surface area contributed by atoms with E-state index in [-0.39, 0.29) is 29.3 Å². The van der Waals surface area contributed by atoms with Crippen molar-refractivity contribution >= 4 is 64.2 Å². The fraction of sp³-hybridized carbons (Fsp3) is 0.261. The number of likely N-dealkylation sites (N-methyl/N-ethyl adjacent to an activating group) is 1. The van der Waals surface area contributed by atoms with Gasteiger partial charge in [-0.1, -0.05) is 41.4 Å². The second-order valence-corrected chi connectivity index (χ2v) is 10.6. The first-order chi connectivity index (χ1) is 16.7. The molecule has 0 saturated carbocycles. The summed E-state index contributed by atoms with van der Waals surface area (Å²) in [6.45, 7) is 1.86. The zero-order valence-corrected chi connectivity index (χ0v) is 21.9. The van der Waals surface area contributed by atoms with Crippen molar-refractivity contribution < 1.29 is 14.0 Å². The Morgan fingerprint density at radius 2 is 1.97 bits per heavy atom. The minimum Gasteiger partial charge on any atom is -0.347 e. The molecule has 12 heteroatoms. The van der Waals surface area contributed by atoms with Gasteiger partial charge in [0, 0.05) is 28.8 Å². The quantitative estimate of drug-likeness (QED) is 0.359. The molecule has 1 aliphatic rings. The third-order valence-corrected chi connectivity index (χ3v) is 7.92. The Hall–Kier alpha value is -2.21. The lowest BCUT2D eigenvalue weighted by molar-refractivity contribution is -0.125. The van der Waals surface area contributed by atoms with Crippen LogP contribution in [-0.4, -0.2) is 40.2 Å². The molecule has 3 unspecified atom stereocenters. The summed E-state index contributed by atoms with van der Waals surface area (Å²) in [6, 6.07) is 9.90. The van der Waals surface area contributed by atoms with E-state index in [0.29, 0.717) is 10.7 Å². The number of thiazole rings is 1. The number of amides is 2. The average molecular weight is 555 g/mol. The van der Waals surface area contributed by atoms with E-state index in [0.717, 1.165) is 16.3 Å². The summed E-state index contributed by atoms with van der Waals surface area (Å²) in [7, 11) is 1.75. The highest BCUT2D eigenvalue weighted by atomic mass is 35.5. The average Bonchev–Trinajstić information content (AvgIpc) is 3.32. The molecule has 0 bridgehead atoms. The molecule has 1 fully saturated rings. The Bertz CT molecular complexity index is 1240. The summed E-state index contributed by atoms with van der Waals surface area (Å²) in [5.74, 6) is -1.13. The van der Waals surface area contributed by atoms with Crippen LogP contribution in [0.4, 0.5) is 10.1 Å². The first-order valence-electron chi connectivity index (χ1n) is 10.6. The van der Waals surface area contributed by atoms with Crippen LogP contribution < -0.4 is 15.4 Å². The van der Waals surface area contributed by atoms with Gasteiger partial charge in [0.15, 0.2) is 0 Å². The highest BCUT2D eigenvalue weighted by Crippen LogP contribution is 2.31. The summed E-state index contributed by atoms with van der Waals surface area (Å²) in [5, 5.41) is 8.91. The molecule has 1 aliphatic heterocycles. The van der Waals surface area contributed by atoms with Gasteiger partial charge in [0.1, 0.15) is 16.9 Å². The van der Waals surface area contributed by atoms with E-state index in [1.807, 2.05) is 36.6 Å². The highest BCUT2D eigenvalue weighted by Gasteiger charge is 2.36. The smallest absolute Gasteiger partial charge is 0.242 e. The Morgan fingerprint density at radius 3 is 2.71 bits per heavy atom. The van der Waals surface area contributed by atoms with Crippen molar-refractivity contribution in [2.45, 2.75) is 31.5 Å². The van der Waals surface area contributed by atoms with Crippen LogP contribution in [0.5, 0.6) is 0 Å². The molecule has 2 amide bonds. The van der Waals surface area contributed by atoms with Gasteiger partial charge in [0.2, 0.25) is 11.8 Å². The second-order valence-electron chi connectivity index (χ2n) is 7.97. The summed E-state index contributed by atoms with van der Waals surface area (Å²) < 4.78 is 18.2. The first kappa shape index (κ1) is 25.9. The predicted octanol–water partition coefficient (Wildman–Crippen LogP) is 5.30. The Labute approximate surface area is 220 Å². The number of carbonyl (C=O) groups is 2. The number of nitrogens with one attached hydrogen (secondary N) is 3. The lowest BCUT2D eigenvalue weighted by atomic mass is 10.1. The topological polar surface area (TPSA) is 86.4 Å². The van der Waals surface area contributed by atoms with Crippen molar-refractivity contribution in [1.29, 1.82) is 0 Å². The molecule has 0 spiro atoms. The molecule has 0 aliphatic carbocycles. The Kier molecular flexibility index (Phi) is 8.31. The van der Waals surface area contributed by atoms with E-state index >= 15 is 0 Å². The van der Waals surface area contributed by atoms with Crippen molar-refractivity contribution in [1.82, 2.24) is 19.3 Å². The summed E-state index contributed by atoms with van der Waals surface area (Å²) in [5.41, 5.74) is 1.95. The van der Waals surface area contributed by atoms with Gasteiger partial charge in [-0.15, -0.1) is 11.3 Å². The van der Waals surface area contributed by atoms with Gasteiger partial charge in [-0.25, -0.2) is 18.4 Å². The lowest BCUT2D eigenvalue weighted by Gasteiger charge is -2.35. The maximum absolute atomic E-state index is 13.4. The van der Waals surface area contributed by atoms with Crippen LogP contribution in [0.2, 0.25) is 10.0 Å². The third-order valence-electron chi connectivity index (χ3n) is 5.47. The van der Waals surface area contributed by atoms with Crippen LogP contribution in [0.3, 0.4) is 0 Å². The van der Waals surface area contributed by atoms with Crippen LogP contribution in [0, 0.1) is 5.82 Å². The van der Waals surface area contributed by atoms with Gasteiger partial charge >= 0.3 is 0 Å². The van der Waals surface area contributed by atoms with Gasteiger partial charge in [-0.2, -0.15) is 0 Å². The summed E-state index contributed by atoms with van der Waals surface area (Å²) in [6.07, 6.45) is 0.241. The van der Waals surface area contributed by atoms with E-state index < -0.39 is 17.9 Å². The SMILES string of the molecule is CC(NC(=O)C1CC(C(=O)Nc2ccc(F)c(Cl)c2)N(C)SN1)c1csc(-c2ccccc2Cl)n1. The molecule has 0 radical (unpaired) electrons. The fourth-order valence-electron chi connectivity index (χ4n) is 3.49. The zero-order valence-electron chi connectivity index (χ0n) is 18.7.